The molecule has 2 rings (SSSR count). The maximum absolute atomic E-state index is 12.2. The van der Waals surface area contributed by atoms with Crippen LogP contribution in [-0.2, 0) is 4.79 Å². The second-order valence-corrected chi connectivity index (χ2v) is 5.50. The van der Waals surface area contributed by atoms with Crippen LogP contribution in [0.1, 0.15) is 36.5 Å². The lowest BCUT2D eigenvalue weighted by molar-refractivity contribution is -0.137. The standard InChI is InChI=1S/C15H21N3O3/c1-11-5-3-4-8-18(11)13-9-12(6-7-16-13)15(21)17(2)10-14(19)20/h6-7,9,11H,3-5,8,10H2,1-2H3,(H,19,20)/t11-/m1/s1. The zero-order chi connectivity index (χ0) is 15.4. The summed E-state index contributed by atoms with van der Waals surface area (Å²) in [6, 6.07) is 3.79. The van der Waals surface area contributed by atoms with Crippen molar-refractivity contribution in [3.8, 4) is 0 Å². The zero-order valence-corrected chi connectivity index (χ0v) is 12.5. The summed E-state index contributed by atoms with van der Waals surface area (Å²) in [6.45, 7) is 2.79. The number of pyridine rings is 1. The maximum atomic E-state index is 12.2. The molecule has 6 nitrogen and oxygen atoms in total. The number of carboxylic acid groups (broad SMARTS) is 1. The molecule has 1 fully saturated rings. The molecule has 0 unspecified atom stereocenters. The van der Waals surface area contributed by atoms with Crippen molar-refractivity contribution in [2.24, 2.45) is 0 Å². The fourth-order valence-electron chi connectivity index (χ4n) is 2.64. The van der Waals surface area contributed by atoms with E-state index in [-0.39, 0.29) is 12.5 Å². The smallest absolute Gasteiger partial charge is 0.323 e. The fourth-order valence-corrected chi connectivity index (χ4v) is 2.64. The van der Waals surface area contributed by atoms with Crippen molar-refractivity contribution in [3.05, 3.63) is 23.9 Å². The van der Waals surface area contributed by atoms with Gasteiger partial charge < -0.3 is 14.9 Å². The summed E-state index contributed by atoms with van der Waals surface area (Å²) in [5, 5.41) is 8.76. The number of carbonyl (C=O) groups excluding carboxylic acids is 1. The Morgan fingerprint density at radius 3 is 2.90 bits per heavy atom. The lowest BCUT2D eigenvalue weighted by atomic mass is 10.0. The first-order valence-corrected chi connectivity index (χ1v) is 7.19. The van der Waals surface area contributed by atoms with Crippen molar-refractivity contribution >= 4 is 17.7 Å². The monoisotopic (exact) mass is 291 g/mol. The van der Waals surface area contributed by atoms with Gasteiger partial charge in [-0.2, -0.15) is 0 Å². The molecule has 1 saturated heterocycles. The van der Waals surface area contributed by atoms with Crippen molar-refractivity contribution in [2.45, 2.75) is 32.2 Å². The van der Waals surface area contributed by atoms with E-state index in [1.165, 1.54) is 18.4 Å². The van der Waals surface area contributed by atoms with E-state index in [4.69, 9.17) is 5.11 Å². The van der Waals surface area contributed by atoms with Crippen molar-refractivity contribution < 1.29 is 14.7 Å². The number of carbonyl (C=O) groups is 2. The molecular formula is C15H21N3O3. The quantitative estimate of drug-likeness (QED) is 0.912. The molecule has 1 atom stereocenters. The zero-order valence-electron chi connectivity index (χ0n) is 12.5. The molecule has 0 saturated carbocycles. The van der Waals surface area contributed by atoms with Crippen molar-refractivity contribution in [2.75, 3.05) is 25.0 Å². The third kappa shape index (κ3) is 3.71. The van der Waals surface area contributed by atoms with Crippen molar-refractivity contribution in [1.82, 2.24) is 9.88 Å². The SMILES string of the molecule is C[C@@H]1CCCCN1c1cc(C(=O)N(C)CC(=O)O)ccn1. The molecule has 0 spiro atoms. The molecule has 1 aromatic heterocycles. The summed E-state index contributed by atoms with van der Waals surface area (Å²) in [5.41, 5.74) is 0.474. The van der Waals surface area contributed by atoms with E-state index in [0.29, 0.717) is 11.6 Å². The fraction of sp³-hybridized carbons (Fsp3) is 0.533. The van der Waals surface area contributed by atoms with Crippen LogP contribution in [0.2, 0.25) is 0 Å². The van der Waals surface area contributed by atoms with Crippen LogP contribution in [-0.4, -0.2) is 53.0 Å². The van der Waals surface area contributed by atoms with Gasteiger partial charge in [-0.25, -0.2) is 4.98 Å². The highest BCUT2D eigenvalue weighted by molar-refractivity contribution is 5.96. The number of likely N-dealkylation sites (N-methyl/N-ethyl adjacent to an activating group) is 1. The van der Waals surface area contributed by atoms with Crippen LogP contribution in [0.3, 0.4) is 0 Å². The highest BCUT2D eigenvalue weighted by atomic mass is 16.4. The number of rotatable bonds is 4. The number of aromatic nitrogens is 1. The number of nitrogens with zero attached hydrogens (tertiary/aromatic N) is 3. The number of hydrogen-bond acceptors (Lipinski definition) is 4. The predicted octanol–water partition coefficient (Wildman–Crippen LogP) is 1.62. The van der Waals surface area contributed by atoms with Crippen LogP contribution in [0.15, 0.2) is 18.3 Å². The van der Waals surface area contributed by atoms with Gasteiger partial charge in [0.25, 0.3) is 5.91 Å². The Balaban J connectivity index is 2.17. The normalized spacial score (nSPS) is 18.4. The summed E-state index contributed by atoms with van der Waals surface area (Å²) >= 11 is 0. The molecule has 0 aromatic carbocycles. The lowest BCUT2D eigenvalue weighted by Crippen LogP contribution is -2.38. The molecule has 0 bridgehead atoms. The molecular weight excluding hydrogens is 270 g/mol. The van der Waals surface area contributed by atoms with E-state index in [2.05, 4.69) is 16.8 Å². The third-order valence-electron chi connectivity index (χ3n) is 3.81. The number of aliphatic carboxylic acids is 1. The summed E-state index contributed by atoms with van der Waals surface area (Å²) in [5.74, 6) is -0.535. The highest BCUT2D eigenvalue weighted by Gasteiger charge is 2.21. The van der Waals surface area contributed by atoms with E-state index in [9.17, 15) is 9.59 Å². The average Bonchev–Trinajstić information content (AvgIpc) is 2.46. The van der Waals surface area contributed by atoms with E-state index < -0.39 is 5.97 Å². The molecule has 21 heavy (non-hydrogen) atoms. The van der Waals surface area contributed by atoms with Gasteiger partial charge in [0.05, 0.1) is 0 Å². The largest absolute Gasteiger partial charge is 0.480 e. The minimum Gasteiger partial charge on any atom is -0.480 e. The molecule has 0 radical (unpaired) electrons. The second kappa shape index (κ2) is 6.56. The van der Waals surface area contributed by atoms with Crippen LogP contribution < -0.4 is 4.90 Å². The number of carboxylic acids is 1. The Bertz CT molecular complexity index is 533. The molecule has 1 N–H and O–H groups in total. The Kier molecular flexibility index (Phi) is 4.77. The highest BCUT2D eigenvalue weighted by Crippen LogP contribution is 2.23. The molecule has 0 aliphatic carbocycles. The molecule has 6 heteroatoms. The van der Waals surface area contributed by atoms with Gasteiger partial charge in [-0.05, 0) is 38.3 Å². The first-order valence-electron chi connectivity index (χ1n) is 7.19. The topological polar surface area (TPSA) is 73.7 Å². The molecule has 2 heterocycles. The first kappa shape index (κ1) is 15.3. The predicted molar refractivity (Wildman–Crippen MR) is 79.5 cm³/mol. The van der Waals surface area contributed by atoms with Gasteiger partial charge >= 0.3 is 5.97 Å². The van der Waals surface area contributed by atoms with Crippen LogP contribution in [0.25, 0.3) is 0 Å². The van der Waals surface area contributed by atoms with Crippen molar-refractivity contribution in [3.63, 3.8) is 0 Å². The van der Waals surface area contributed by atoms with Gasteiger partial charge in [0.15, 0.2) is 0 Å². The van der Waals surface area contributed by atoms with E-state index in [1.54, 1.807) is 18.3 Å². The summed E-state index contributed by atoms with van der Waals surface area (Å²) in [6.07, 6.45) is 5.08. The lowest BCUT2D eigenvalue weighted by Gasteiger charge is -2.34. The minimum absolute atomic E-state index is 0.300. The summed E-state index contributed by atoms with van der Waals surface area (Å²) in [7, 11) is 1.49. The van der Waals surface area contributed by atoms with Crippen LogP contribution in [0, 0.1) is 0 Å². The number of amides is 1. The maximum Gasteiger partial charge on any atom is 0.323 e. The second-order valence-electron chi connectivity index (χ2n) is 5.50. The number of hydrogen-bond donors (Lipinski definition) is 1. The van der Waals surface area contributed by atoms with Gasteiger partial charge in [-0.3, -0.25) is 9.59 Å². The van der Waals surface area contributed by atoms with Crippen LogP contribution in [0.4, 0.5) is 5.82 Å². The number of anilines is 1. The van der Waals surface area contributed by atoms with E-state index >= 15 is 0 Å². The summed E-state index contributed by atoms with van der Waals surface area (Å²) in [4.78, 5) is 30.7. The molecule has 1 aliphatic rings. The number of piperidine rings is 1. The van der Waals surface area contributed by atoms with Crippen LogP contribution >= 0.6 is 0 Å². The first-order chi connectivity index (χ1) is 9.99. The van der Waals surface area contributed by atoms with Gasteiger partial charge in [-0.15, -0.1) is 0 Å². The molecule has 1 aromatic rings. The van der Waals surface area contributed by atoms with E-state index in [0.717, 1.165) is 25.2 Å². The van der Waals surface area contributed by atoms with Crippen LogP contribution in [0.5, 0.6) is 0 Å². The Morgan fingerprint density at radius 2 is 2.24 bits per heavy atom. The third-order valence-corrected chi connectivity index (χ3v) is 3.81. The van der Waals surface area contributed by atoms with Gasteiger partial charge in [-0.1, -0.05) is 0 Å². The molecule has 1 aliphatic heterocycles. The Morgan fingerprint density at radius 1 is 1.48 bits per heavy atom. The van der Waals surface area contributed by atoms with Gasteiger partial charge in [0, 0.05) is 31.4 Å². The van der Waals surface area contributed by atoms with E-state index in [1.807, 2.05) is 0 Å². The summed E-state index contributed by atoms with van der Waals surface area (Å²) < 4.78 is 0. The Hall–Kier alpha value is -2.11. The minimum atomic E-state index is -1.02. The van der Waals surface area contributed by atoms with Gasteiger partial charge in [0.1, 0.15) is 12.4 Å². The van der Waals surface area contributed by atoms with Gasteiger partial charge in [0.2, 0.25) is 0 Å². The Labute approximate surface area is 124 Å². The molecule has 114 valence electrons. The molecule has 1 amide bonds. The average molecular weight is 291 g/mol. The van der Waals surface area contributed by atoms with Crippen molar-refractivity contribution in [1.29, 1.82) is 0 Å².